The molecule has 0 aliphatic heterocycles. The predicted molar refractivity (Wildman–Crippen MR) is 63.5 cm³/mol. The number of nitrogens with two attached hydrogens (primary N) is 1. The summed E-state index contributed by atoms with van der Waals surface area (Å²) >= 11 is 3.22. The summed E-state index contributed by atoms with van der Waals surface area (Å²) in [4.78, 5) is 8.12. The molecule has 4 N–H and O–H groups in total. The maximum absolute atomic E-state index is 9.52. The Kier molecular flexibility index (Phi) is 3.51. The van der Waals surface area contributed by atoms with Crippen LogP contribution in [0.15, 0.2) is 10.7 Å². The summed E-state index contributed by atoms with van der Waals surface area (Å²) < 4.78 is 0.610. The van der Waals surface area contributed by atoms with Crippen LogP contribution in [0.1, 0.15) is 20.8 Å². The fraction of sp³-hybridized carbons (Fsp3) is 0.556. The molecule has 15 heavy (non-hydrogen) atoms. The van der Waals surface area contributed by atoms with Crippen molar-refractivity contribution in [2.24, 2.45) is 0 Å². The maximum Gasteiger partial charge on any atom is 0.226 e. The number of halogens is 1. The van der Waals surface area contributed by atoms with Crippen LogP contribution < -0.4 is 11.1 Å². The van der Waals surface area contributed by atoms with Crippen molar-refractivity contribution >= 4 is 27.7 Å². The zero-order valence-electron chi connectivity index (χ0n) is 8.95. The van der Waals surface area contributed by atoms with Crippen LogP contribution >= 0.6 is 15.9 Å². The van der Waals surface area contributed by atoms with E-state index in [1.54, 1.807) is 13.0 Å². The highest BCUT2D eigenvalue weighted by molar-refractivity contribution is 9.10. The lowest BCUT2D eigenvalue weighted by atomic mass is 9.99. The lowest BCUT2D eigenvalue weighted by molar-refractivity contribution is 0.132. The van der Waals surface area contributed by atoms with Crippen LogP contribution in [-0.4, -0.2) is 26.7 Å². The normalized spacial score (nSPS) is 13.7. The Morgan fingerprint density at radius 2 is 2.13 bits per heavy atom. The van der Waals surface area contributed by atoms with E-state index < -0.39 is 11.6 Å². The van der Waals surface area contributed by atoms with Crippen molar-refractivity contribution in [2.45, 2.75) is 32.4 Å². The first-order chi connectivity index (χ1) is 6.81. The predicted octanol–water partition coefficient (Wildman–Crippen LogP) is 1.39. The molecule has 84 valence electrons. The lowest BCUT2D eigenvalue weighted by Crippen LogP contribution is -2.42. The molecule has 5 nitrogen and oxygen atoms in total. The molecule has 1 atom stereocenters. The monoisotopic (exact) mass is 274 g/mol. The van der Waals surface area contributed by atoms with E-state index in [1.165, 1.54) is 0 Å². The SMILES string of the molecule is CC(O)C(C)(C)Nc1nc(N)cc(Br)n1. The zero-order valence-corrected chi connectivity index (χ0v) is 10.5. The van der Waals surface area contributed by atoms with Crippen molar-refractivity contribution in [3.8, 4) is 0 Å². The number of nitrogens with one attached hydrogen (secondary N) is 1. The minimum atomic E-state index is -0.527. The molecule has 0 aromatic carbocycles. The van der Waals surface area contributed by atoms with Gasteiger partial charge in [0.1, 0.15) is 10.4 Å². The van der Waals surface area contributed by atoms with Crippen molar-refractivity contribution in [3.63, 3.8) is 0 Å². The number of anilines is 2. The first-order valence-corrected chi connectivity index (χ1v) is 5.37. The number of hydrogen-bond donors (Lipinski definition) is 3. The average molecular weight is 275 g/mol. The molecule has 0 spiro atoms. The summed E-state index contributed by atoms with van der Waals surface area (Å²) in [6.45, 7) is 5.42. The number of aliphatic hydroxyl groups excluding tert-OH is 1. The summed E-state index contributed by atoms with van der Waals surface area (Å²) in [5.74, 6) is 0.772. The minimum absolute atomic E-state index is 0.376. The second-order valence-corrected chi connectivity index (χ2v) is 4.77. The van der Waals surface area contributed by atoms with Gasteiger partial charge in [0.15, 0.2) is 0 Å². The van der Waals surface area contributed by atoms with Gasteiger partial charge in [-0.2, -0.15) is 4.98 Å². The smallest absolute Gasteiger partial charge is 0.226 e. The summed E-state index contributed by atoms with van der Waals surface area (Å²) in [7, 11) is 0. The molecule has 1 aromatic rings. The number of aromatic nitrogens is 2. The quantitative estimate of drug-likeness (QED) is 0.726. The third kappa shape index (κ3) is 3.32. The van der Waals surface area contributed by atoms with Crippen LogP contribution in [0, 0.1) is 0 Å². The molecule has 1 heterocycles. The number of nitrogens with zero attached hydrogens (tertiary/aromatic N) is 2. The van der Waals surface area contributed by atoms with E-state index in [1.807, 2.05) is 13.8 Å². The van der Waals surface area contributed by atoms with Gasteiger partial charge in [0.05, 0.1) is 11.6 Å². The van der Waals surface area contributed by atoms with Crippen LogP contribution in [-0.2, 0) is 0 Å². The van der Waals surface area contributed by atoms with Gasteiger partial charge in [-0.1, -0.05) is 0 Å². The maximum atomic E-state index is 9.52. The Hall–Kier alpha value is -0.880. The number of hydrogen-bond acceptors (Lipinski definition) is 5. The Bertz CT molecular complexity index is 334. The molecule has 0 saturated heterocycles. The second-order valence-electron chi connectivity index (χ2n) is 3.96. The van der Waals surface area contributed by atoms with Crippen molar-refractivity contribution in [1.82, 2.24) is 9.97 Å². The highest BCUT2D eigenvalue weighted by Gasteiger charge is 2.24. The van der Waals surface area contributed by atoms with Crippen molar-refractivity contribution in [3.05, 3.63) is 10.7 Å². The van der Waals surface area contributed by atoms with E-state index in [4.69, 9.17) is 5.73 Å². The van der Waals surface area contributed by atoms with E-state index in [0.29, 0.717) is 16.4 Å². The van der Waals surface area contributed by atoms with Gasteiger partial charge < -0.3 is 16.2 Å². The molecule has 0 aliphatic rings. The first kappa shape index (κ1) is 12.2. The molecule has 0 bridgehead atoms. The highest BCUT2D eigenvalue weighted by Crippen LogP contribution is 2.18. The van der Waals surface area contributed by atoms with E-state index in [0.717, 1.165) is 0 Å². The molecule has 6 heteroatoms. The van der Waals surface area contributed by atoms with E-state index >= 15 is 0 Å². The van der Waals surface area contributed by atoms with Crippen LogP contribution in [0.4, 0.5) is 11.8 Å². The van der Waals surface area contributed by atoms with E-state index in [2.05, 4.69) is 31.2 Å². The third-order valence-corrected chi connectivity index (χ3v) is 2.60. The second kappa shape index (κ2) is 4.32. The van der Waals surface area contributed by atoms with Crippen LogP contribution in [0.3, 0.4) is 0 Å². The van der Waals surface area contributed by atoms with Gasteiger partial charge in [0, 0.05) is 6.07 Å². The zero-order chi connectivity index (χ0) is 11.6. The van der Waals surface area contributed by atoms with Crippen molar-refractivity contribution < 1.29 is 5.11 Å². The number of nitrogen functional groups attached to an aromatic ring is 1. The van der Waals surface area contributed by atoms with Gasteiger partial charge in [-0.15, -0.1) is 0 Å². The Morgan fingerprint density at radius 3 is 2.60 bits per heavy atom. The molecule has 1 unspecified atom stereocenters. The Morgan fingerprint density at radius 1 is 1.53 bits per heavy atom. The molecule has 0 radical (unpaired) electrons. The van der Waals surface area contributed by atoms with Crippen molar-refractivity contribution in [1.29, 1.82) is 0 Å². The Balaban J connectivity index is 2.89. The molecule has 0 fully saturated rings. The third-order valence-electron chi connectivity index (χ3n) is 2.19. The average Bonchev–Trinajstić information content (AvgIpc) is 1.99. The van der Waals surface area contributed by atoms with Gasteiger partial charge in [-0.05, 0) is 36.7 Å². The molecule has 1 aromatic heterocycles. The largest absolute Gasteiger partial charge is 0.391 e. The summed E-state index contributed by atoms with van der Waals surface area (Å²) in [6, 6.07) is 1.61. The summed E-state index contributed by atoms with van der Waals surface area (Å²) in [5.41, 5.74) is 5.06. The van der Waals surface area contributed by atoms with Gasteiger partial charge in [0.25, 0.3) is 0 Å². The van der Waals surface area contributed by atoms with E-state index in [-0.39, 0.29) is 0 Å². The molecule has 0 aliphatic carbocycles. The summed E-state index contributed by atoms with van der Waals surface area (Å²) in [5, 5.41) is 12.5. The van der Waals surface area contributed by atoms with Gasteiger partial charge >= 0.3 is 0 Å². The molecule has 0 saturated carbocycles. The van der Waals surface area contributed by atoms with Crippen LogP contribution in [0.2, 0.25) is 0 Å². The molecular weight excluding hydrogens is 260 g/mol. The van der Waals surface area contributed by atoms with Crippen LogP contribution in [0.5, 0.6) is 0 Å². The summed E-state index contributed by atoms with van der Waals surface area (Å²) in [6.07, 6.45) is -0.527. The van der Waals surface area contributed by atoms with Gasteiger partial charge in [-0.25, -0.2) is 4.98 Å². The first-order valence-electron chi connectivity index (χ1n) is 4.57. The fourth-order valence-electron chi connectivity index (χ4n) is 0.884. The minimum Gasteiger partial charge on any atom is -0.391 e. The Labute approximate surface area is 97.2 Å². The number of rotatable bonds is 3. The molecular formula is C9H15BrN4O. The fourth-order valence-corrected chi connectivity index (χ4v) is 1.29. The molecule has 1 rings (SSSR count). The van der Waals surface area contributed by atoms with Gasteiger partial charge in [0.2, 0.25) is 5.95 Å². The standard InChI is InChI=1S/C9H15BrN4O/c1-5(15)9(2,3)14-8-12-6(10)4-7(11)13-8/h4-5,15H,1-3H3,(H3,11,12,13,14). The van der Waals surface area contributed by atoms with Crippen molar-refractivity contribution in [2.75, 3.05) is 11.1 Å². The lowest BCUT2D eigenvalue weighted by Gasteiger charge is -2.29. The highest BCUT2D eigenvalue weighted by atomic mass is 79.9. The molecule has 0 amide bonds. The van der Waals surface area contributed by atoms with E-state index in [9.17, 15) is 5.11 Å². The van der Waals surface area contributed by atoms with Crippen LogP contribution in [0.25, 0.3) is 0 Å². The van der Waals surface area contributed by atoms with Gasteiger partial charge in [-0.3, -0.25) is 0 Å². The number of aliphatic hydroxyl groups is 1. The topological polar surface area (TPSA) is 84.1 Å².